The lowest BCUT2D eigenvalue weighted by molar-refractivity contribution is -0.137. The maximum Gasteiger partial charge on any atom is 0.303 e. The molecule has 1 heterocycles. The third kappa shape index (κ3) is 3.00. The monoisotopic (exact) mass is 185 g/mol. The second-order valence-electron chi connectivity index (χ2n) is 2.83. The molecule has 1 aromatic rings. The number of carboxylic acid groups (broad SMARTS) is 1. The Labute approximate surface area is 75.1 Å². The van der Waals surface area contributed by atoms with Crippen LogP contribution in [0, 0.1) is 5.92 Å². The number of nitrogens with zero attached hydrogens (tertiary/aromatic N) is 1. The van der Waals surface area contributed by atoms with Gasteiger partial charge in [-0.15, -0.1) is 11.3 Å². The van der Waals surface area contributed by atoms with Crippen LogP contribution in [0.3, 0.4) is 0 Å². The normalized spacial score (nSPS) is 12.8. The van der Waals surface area contributed by atoms with Crippen molar-refractivity contribution in [2.75, 3.05) is 0 Å². The molecule has 12 heavy (non-hydrogen) atoms. The molecule has 0 spiro atoms. The average molecular weight is 185 g/mol. The van der Waals surface area contributed by atoms with E-state index in [1.165, 1.54) is 0 Å². The Balaban J connectivity index is 2.36. The maximum atomic E-state index is 10.3. The zero-order chi connectivity index (χ0) is 8.97. The predicted octanol–water partition coefficient (Wildman–Crippen LogP) is 1.80. The Kier molecular flexibility index (Phi) is 3.22. The first-order valence-electron chi connectivity index (χ1n) is 3.78. The molecular formula is C8H11NO2S. The highest BCUT2D eigenvalue weighted by Crippen LogP contribution is 2.13. The van der Waals surface area contributed by atoms with Crippen molar-refractivity contribution in [1.29, 1.82) is 0 Å². The van der Waals surface area contributed by atoms with Gasteiger partial charge in [0.05, 0.1) is 5.01 Å². The molecule has 0 saturated carbocycles. The molecule has 0 saturated heterocycles. The van der Waals surface area contributed by atoms with Crippen LogP contribution in [0.2, 0.25) is 0 Å². The Morgan fingerprint density at radius 3 is 3.08 bits per heavy atom. The maximum absolute atomic E-state index is 10.3. The lowest BCUT2D eigenvalue weighted by atomic mass is 10.1. The van der Waals surface area contributed by atoms with Gasteiger partial charge < -0.3 is 5.11 Å². The summed E-state index contributed by atoms with van der Waals surface area (Å²) in [6.07, 6.45) is 2.73. The molecule has 0 radical (unpaired) electrons. The molecule has 0 aliphatic heterocycles. The number of carboxylic acids is 1. The summed E-state index contributed by atoms with van der Waals surface area (Å²) in [4.78, 5) is 14.4. The van der Waals surface area contributed by atoms with Crippen molar-refractivity contribution in [1.82, 2.24) is 4.98 Å². The van der Waals surface area contributed by atoms with Crippen molar-refractivity contribution in [3.05, 3.63) is 16.6 Å². The molecule has 1 unspecified atom stereocenters. The van der Waals surface area contributed by atoms with Crippen molar-refractivity contribution in [3.63, 3.8) is 0 Å². The van der Waals surface area contributed by atoms with E-state index in [9.17, 15) is 4.79 Å². The quantitative estimate of drug-likeness (QED) is 0.778. The Hall–Kier alpha value is -0.900. The van der Waals surface area contributed by atoms with E-state index in [-0.39, 0.29) is 12.3 Å². The highest BCUT2D eigenvalue weighted by molar-refractivity contribution is 7.09. The van der Waals surface area contributed by atoms with Crippen LogP contribution < -0.4 is 0 Å². The minimum atomic E-state index is -0.737. The van der Waals surface area contributed by atoms with E-state index in [2.05, 4.69) is 4.98 Å². The molecule has 1 rings (SSSR count). The topological polar surface area (TPSA) is 50.2 Å². The molecule has 66 valence electrons. The Bertz CT molecular complexity index is 246. The Morgan fingerprint density at radius 2 is 2.58 bits per heavy atom. The van der Waals surface area contributed by atoms with Crippen molar-refractivity contribution in [2.45, 2.75) is 19.8 Å². The zero-order valence-electron chi connectivity index (χ0n) is 6.86. The fraction of sp³-hybridized carbons (Fsp3) is 0.500. The summed E-state index contributed by atoms with van der Waals surface area (Å²) >= 11 is 1.57. The minimum Gasteiger partial charge on any atom is -0.481 e. The number of rotatable bonds is 4. The fourth-order valence-electron chi connectivity index (χ4n) is 1.02. The standard InChI is InChI=1S/C8H11NO2S/c1-6(5-8(10)11)4-7-9-2-3-12-7/h2-3,6H,4-5H2,1H3,(H,10,11). The number of aliphatic carboxylic acids is 1. The van der Waals surface area contributed by atoms with E-state index >= 15 is 0 Å². The number of carbonyl (C=O) groups is 1. The van der Waals surface area contributed by atoms with E-state index < -0.39 is 5.97 Å². The molecule has 0 aliphatic rings. The first kappa shape index (κ1) is 9.19. The van der Waals surface area contributed by atoms with Crippen LogP contribution >= 0.6 is 11.3 Å². The first-order valence-corrected chi connectivity index (χ1v) is 4.66. The fourth-order valence-corrected chi connectivity index (χ4v) is 1.80. The van der Waals surface area contributed by atoms with Crippen molar-refractivity contribution in [3.8, 4) is 0 Å². The lowest BCUT2D eigenvalue weighted by Crippen LogP contribution is -2.06. The third-order valence-corrected chi connectivity index (χ3v) is 2.33. The molecule has 1 N–H and O–H groups in total. The van der Waals surface area contributed by atoms with E-state index in [0.29, 0.717) is 0 Å². The van der Waals surface area contributed by atoms with Crippen LogP contribution in [-0.4, -0.2) is 16.1 Å². The molecular weight excluding hydrogens is 174 g/mol. The van der Waals surface area contributed by atoms with Gasteiger partial charge in [-0.05, 0) is 5.92 Å². The van der Waals surface area contributed by atoms with Crippen molar-refractivity contribution >= 4 is 17.3 Å². The summed E-state index contributed by atoms with van der Waals surface area (Å²) in [5.74, 6) is -0.562. The lowest BCUT2D eigenvalue weighted by Gasteiger charge is -2.04. The molecule has 0 aliphatic carbocycles. The van der Waals surface area contributed by atoms with Crippen LogP contribution in [-0.2, 0) is 11.2 Å². The molecule has 0 amide bonds. The molecule has 0 aromatic carbocycles. The van der Waals surface area contributed by atoms with Crippen LogP contribution in [0.25, 0.3) is 0 Å². The first-order chi connectivity index (χ1) is 5.68. The van der Waals surface area contributed by atoms with Crippen molar-refractivity contribution < 1.29 is 9.90 Å². The van der Waals surface area contributed by atoms with Gasteiger partial charge in [0.2, 0.25) is 0 Å². The minimum absolute atomic E-state index is 0.175. The second-order valence-corrected chi connectivity index (χ2v) is 3.81. The summed E-state index contributed by atoms with van der Waals surface area (Å²) < 4.78 is 0. The third-order valence-electron chi connectivity index (χ3n) is 1.53. The molecule has 1 aromatic heterocycles. The largest absolute Gasteiger partial charge is 0.481 e. The predicted molar refractivity (Wildman–Crippen MR) is 47.2 cm³/mol. The second kappa shape index (κ2) is 4.21. The summed E-state index contributed by atoms with van der Waals surface area (Å²) in [5, 5.41) is 11.4. The van der Waals surface area contributed by atoms with E-state index in [0.717, 1.165) is 11.4 Å². The van der Waals surface area contributed by atoms with Crippen LogP contribution in [0.15, 0.2) is 11.6 Å². The van der Waals surface area contributed by atoms with Crippen molar-refractivity contribution in [2.24, 2.45) is 5.92 Å². The Morgan fingerprint density at radius 1 is 1.83 bits per heavy atom. The summed E-state index contributed by atoms with van der Waals surface area (Å²) in [6, 6.07) is 0. The van der Waals surface area contributed by atoms with E-state index in [1.54, 1.807) is 17.5 Å². The van der Waals surface area contributed by atoms with Gasteiger partial charge in [-0.2, -0.15) is 0 Å². The number of aromatic nitrogens is 1. The van der Waals surface area contributed by atoms with Gasteiger partial charge in [0.25, 0.3) is 0 Å². The molecule has 0 bridgehead atoms. The summed E-state index contributed by atoms with van der Waals surface area (Å²) in [6.45, 7) is 1.93. The van der Waals surface area contributed by atoms with Gasteiger partial charge >= 0.3 is 5.97 Å². The number of hydrogen-bond acceptors (Lipinski definition) is 3. The highest BCUT2D eigenvalue weighted by Gasteiger charge is 2.09. The summed E-state index contributed by atoms with van der Waals surface area (Å²) in [7, 11) is 0. The van der Waals surface area contributed by atoms with Gasteiger partial charge in [0, 0.05) is 24.4 Å². The smallest absolute Gasteiger partial charge is 0.303 e. The molecule has 3 nitrogen and oxygen atoms in total. The van der Waals surface area contributed by atoms with Gasteiger partial charge in [0.1, 0.15) is 0 Å². The SMILES string of the molecule is CC(CC(=O)O)Cc1nccs1. The molecule has 4 heteroatoms. The molecule has 1 atom stereocenters. The van der Waals surface area contributed by atoms with Crippen LogP contribution in [0.4, 0.5) is 0 Å². The van der Waals surface area contributed by atoms with E-state index in [4.69, 9.17) is 5.11 Å². The zero-order valence-corrected chi connectivity index (χ0v) is 7.67. The van der Waals surface area contributed by atoms with Crippen LogP contribution in [0.5, 0.6) is 0 Å². The van der Waals surface area contributed by atoms with E-state index in [1.807, 2.05) is 12.3 Å². The van der Waals surface area contributed by atoms with Gasteiger partial charge in [-0.25, -0.2) is 4.98 Å². The van der Waals surface area contributed by atoms with Gasteiger partial charge in [0.15, 0.2) is 0 Å². The highest BCUT2D eigenvalue weighted by atomic mass is 32.1. The average Bonchev–Trinajstić information content (AvgIpc) is 2.37. The number of thiazole rings is 1. The van der Waals surface area contributed by atoms with Gasteiger partial charge in [-0.3, -0.25) is 4.79 Å². The molecule has 0 fully saturated rings. The summed E-state index contributed by atoms with van der Waals surface area (Å²) in [5.41, 5.74) is 0. The van der Waals surface area contributed by atoms with Gasteiger partial charge in [-0.1, -0.05) is 6.92 Å². The number of hydrogen-bond donors (Lipinski definition) is 1. The van der Waals surface area contributed by atoms with Crippen LogP contribution in [0.1, 0.15) is 18.4 Å².